The number of nitrogens with zero attached hydrogens (tertiary/aromatic N) is 5. The molecule has 1 fully saturated rings. The normalized spacial score (nSPS) is 22.2. The Hall–Kier alpha value is -1.84. The molecule has 8 nitrogen and oxygen atoms in total. The van der Waals surface area contributed by atoms with E-state index in [1.54, 1.807) is 4.68 Å². The summed E-state index contributed by atoms with van der Waals surface area (Å²) in [5, 5.41) is 21.5. The van der Waals surface area contributed by atoms with Crippen molar-refractivity contribution in [2.75, 3.05) is 12.9 Å². The largest absolute Gasteiger partial charge is 0.395 e. The lowest BCUT2D eigenvalue weighted by molar-refractivity contribution is 0.195. The number of aliphatic hydroxyl groups excluding tert-OH is 1. The van der Waals surface area contributed by atoms with Crippen molar-refractivity contribution >= 4 is 10.0 Å². The van der Waals surface area contributed by atoms with Crippen LogP contribution in [0, 0.1) is 13.8 Å². The summed E-state index contributed by atoms with van der Waals surface area (Å²) in [6.45, 7) is 3.72. The standard InChI is InChI=1S/C15H21N5O3S/c1-10-5-4-6-11(2)14(10)19-15(16-17-18-19)13-8-7-12(9-21)20(13)24(3,22)23/h4-6,12-13,21H,7-9H2,1-3H3/t12-,13+/m0/s1. The van der Waals surface area contributed by atoms with E-state index in [2.05, 4.69) is 15.5 Å². The van der Waals surface area contributed by atoms with E-state index in [-0.39, 0.29) is 6.61 Å². The van der Waals surface area contributed by atoms with Gasteiger partial charge in [-0.25, -0.2) is 8.42 Å². The van der Waals surface area contributed by atoms with Crippen molar-refractivity contribution in [3.8, 4) is 5.69 Å². The zero-order chi connectivity index (χ0) is 17.5. The molecule has 1 aromatic carbocycles. The number of tetrazole rings is 1. The second-order valence-corrected chi connectivity index (χ2v) is 8.10. The van der Waals surface area contributed by atoms with Crippen LogP contribution >= 0.6 is 0 Å². The van der Waals surface area contributed by atoms with E-state index in [0.717, 1.165) is 23.1 Å². The number of aryl methyl sites for hydroxylation is 2. The number of benzene rings is 1. The average Bonchev–Trinajstić information content (AvgIpc) is 3.12. The molecule has 3 rings (SSSR count). The van der Waals surface area contributed by atoms with Crippen molar-refractivity contribution < 1.29 is 13.5 Å². The third-order valence-corrected chi connectivity index (χ3v) is 5.80. The Bertz CT molecular complexity index is 828. The van der Waals surface area contributed by atoms with Crippen LogP contribution in [0.5, 0.6) is 0 Å². The van der Waals surface area contributed by atoms with Gasteiger partial charge in [-0.2, -0.15) is 8.99 Å². The van der Waals surface area contributed by atoms with Crippen LogP contribution in [0.15, 0.2) is 18.2 Å². The molecule has 130 valence electrons. The molecule has 2 heterocycles. The molecular formula is C15H21N5O3S. The van der Waals surface area contributed by atoms with Gasteiger partial charge in [0, 0.05) is 6.04 Å². The highest BCUT2D eigenvalue weighted by Gasteiger charge is 2.42. The predicted molar refractivity (Wildman–Crippen MR) is 88.2 cm³/mol. The van der Waals surface area contributed by atoms with Crippen molar-refractivity contribution in [2.45, 2.75) is 38.8 Å². The van der Waals surface area contributed by atoms with Gasteiger partial charge in [0.05, 0.1) is 24.6 Å². The van der Waals surface area contributed by atoms with E-state index >= 15 is 0 Å². The monoisotopic (exact) mass is 351 g/mol. The SMILES string of the molecule is Cc1cccc(C)c1-n1nnnc1[C@H]1CC[C@@H](CO)N1S(C)(=O)=O. The second kappa shape index (κ2) is 6.23. The second-order valence-electron chi connectivity index (χ2n) is 6.21. The van der Waals surface area contributed by atoms with Gasteiger partial charge in [-0.05, 0) is 48.2 Å². The summed E-state index contributed by atoms with van der Waals surface area (Å²) < 4.78 is 27.4. The Kier molecular flexibility index (Phi) is 4.41. The van der Waals surface area contributed by atoms with Gasteiger partial charge >= 0.3 is 0 Å². The van der Waals surface area contributed by atoms with E-state index in [0.29, 0.717) is 18.7 Å². The van der Waals surface area contributed by atoms with Crippen LogP contribution in [0.2, 0.25) is 0 Å². The number of para-hydroxylation sites is 1. The molecule has 1 aliphatic rings. The van der Waals surface area contributed by atoms with Crippen LogP contribution in [0.25, 0.3) is 5.69 Å². The number of aliphatic hydroxyl groups is 1. The Morgan fingerprint density at radius 1 is 1.25 bits per heavy atom. The van der Waals surface area contributed by atoms with Crippen molar-refractivity contribution in [3.63, 3.8) is 0 Å². The minimum Gasteiger partial charge on any atom is -0.395 e. The number of rotatable bonds is 4. The van der Waals surface area contributed by atoms with Crippen LogP contribution < -0.4 is 0 Å². The zero-order valence-electron chi connectivity index (χ0n) is 13.9. The minimum atomic E-state index is -3.49. The summed E-state index contributed by atoms with van der Waals surface area (Å²) in [5.74, 6) is 0.480. The van der Waals surface area contributed by atoms with Crippen molar-refractivity contribution in [3.05, 3.63) is 35.2 Å². The molecule has 0 amide bonds. The molecule has 0 bridgehead atoms. The molecule has 1 saturated heterocycles. The maximum Gasteiger partial charge on any atom is 0.212 e. The molecule has 1 N–H and O–H groups in total. The fraction of sp³-hybridized carbons (Fsp3) is 0.533. The lowest BCUT2D eigenvalue weighted by Crippen LogP contribution is -2.39. The van der Waals surface area contributed by atoms with E-state index in [4.69, 9.17) is 0 Å². The first kappa shape index (κ1) is 17.0. The van der Waals surface area contributed by atoms with Gasteiger partial charge in [0.1, 0.15) is 0 Å². The third-order valence-electron chi connectivity index (χ3n) is 4.48. The van der Waals surface area contributed by atoms with Crippen LogP contribution in [-0.2, 0) is 10.0 Å². The fourth-order valence-electron chi connectivity index (χ4n) is 3.48. The van der Waals surface area contributed by atoms with Crippen LogP contribution in [0.4, 0.5) is 0 Å². The molecule has 0 unspecified atom stereocenters. The summed E-state index contributed by atoms with van der Waals surface area (Å²) in [5.41, 5.74) is 2.87. The molecule has 1 aromatic heterocycles. The Morgan fingerprint density at radius 2 is 1.92 bits per heavy atom. The van der Waals surface area contributed by atoms with Gasteiger partial charge in [0.25, 0.3) is 0 Å². The molecular weight excluding hydrogens is 330 g/mol. The first-order chi connectivity index (χ1) is 11.3. The number of sulfonamides is 1. The van der Waals surface area contributed by atoms with Crippen LogP contribution in [0.1, 0.15) is 35.8 Å². The minimum absolute atomic E-state index is 0.214. The maximum absolute atomic E-state index is 12.2. The molecule has 9 heteroatoms. The topological polar surface area (TPSA) is 101 Å². The number of hydrogen-bond acceptors (Lipinski definition) is 6. The summed E-state index contributed by atoms with van der Waals surface area (Å²) in [4.78, 5) is 0. The molecule has 0 radical (unpaired) electrons. The van der Waals surface area contributed by atoms with Gasteiger partial charge < -0.3 is 5.11 Å². The molecule has 24 heavy (non-hydrogen) atoms. The fourth-order valence-corrected chi connectivity index (χ4v) is 4.85. The predicted octanol–water partition coefficient (Wildman–Crippen LogP) is 0.737. The molecule has 0 spiro atoms. The van der Waals surface area contributed by atoms with Gasteiger partial charge in [-0.3, -0.25) is 0 Å². The van der Waals surface area contributed by atoms with Gasteiger partial charge in [-0.15, -0.1) is 5.10 Å². The van der Waals surface area contributed by atoms with Crippen molar-refractivity contribution in [2.24, 2.45) is 0 Å². The molecule has 0 aliphatic carbocycles. The molecule has 2 atom stereocenters. The summed E-state index contributed by atoms with van der Waals surface area (Å²) >= 11 is 0. The Morgan fingerprint density at radius 3 is 2.50 bits per heavy atom. The number of aromatic nitrogens is 4. The Labute approximate surface area is 141 Å². The smallest absolute Gasteiger partial charge is 0.212 e. The number of hydrogen-bond donors (Lipinski definition) is 1. The molecule has 2 aromatic rings. The van der Waals surface area contributed by atoms with Crippen molar-refractivity contribution in [1.82, 2.24) is 24.5 Å². The zero-order valence-corrected chi connectivity index (χ0v) is 14.7. The molecule has 1 aliphatic heterocycles. The van der Waals surface area contributed by atoms with E-state index in [1.165, 1.54) is 4.31 Å². The van der Waals surface area contributed by atoms with E-state index < -0.39 is 22.1 Å². The summed E-state index contributed by atoms with van der Waals surface area (Å²) in [6, 6.07) is 4.97. The quantitative estimate of drug-likeness (QED) is 0.872. The highest BCUT2D eigenvalue weighted by Crippen LogP contribution is 2.37. The van der Waals surface area contributed by atoms with Crippen molar-refractivity contribution in [1.29, 1.82) is 0 Å². The van der Waals surface area contributed by atoms with Crippen LogP contribution in [-0.4, -0.2) is 56.9 Å². The highest BCUT2D eigenvalue weighted by atomic mass is 32.2. The lowest BCUT2D eigenvalue weighted by Gasteiger charge is -2.26. The van der Waals surface area contributed by atoms with E-state index in [1.807, 2.05) is 32.0 Å². The first-order valence-electron chi connectivity index (χ1n) is 7.79. The average molecular weight is 351 g/mol. The highest BCUT2D eigenvalue weighted by molar-refractivity contribution is 7.88. The van der Waals surface area contributed by atoms with E-state index in [9.17, 15) is 13.5 Å². The lowest BCUT2D eigenvalue weighted by atomic mass is 10.1. The Balaban J connectivity index is 2.11. The third kappa shape index (κ3) is 2.83. The summed E-state index contributed by atoms with van der Waals surface area (Å²) in [7, 11) is -3.49. The first-order valence-corrected chi connectivity index (χ1v) is 9.63. The van der Waals surface area contributed by atoms with Gasteiger partial charge in [-0.1, -0.05) is 18.2 Å². The maximum atomic E-state index is 12.2. The van der Waals surface area contributed by atoms with Crippen LogP contribution in [0.3, 0.4) is 0 Å². The molecule has 0 saturated carbocycles. The van der Waals surface area contributed by atoms with Gasteiger partial charge in [0.2, 0.25) is 10.0 Å². The summed E-state index contributed by atoms with van der Waals surface area (Å²) in [6.07, 6.45) is 2.30. The van der Waals surface area contributed by atoms with Gasteiger partial charge in [0.15, 0.2) is 5.82 Å².